The van der Waals surface area contributed by atoms with Crippen LogP contribution in [0.3, 0.4) is 0 Å². The Balaban J connectivity index is 2.07. The maximum atomic E-state index is 12.8. The van der Waals surface area contributed by atoms with Crippen molar-refractivity contribution in [3.05, 3.63) is 17.0 Å². The van der Waals surface area contributed by atoms with Crippen molar-refractivity contribution in [3.63, 3.8) is 0 Å². The van der Waals surface area contributed by atoms with Gasteiger partial charge >= 0.3 is 0 Å². The van der Waals surface area contributed by atoms with Crippen molar-refractivity contribution in [2.24, 2.45) is 0 Å². The fourth-order valence-corrected chi connectivity index (χ4v) is 3.22. The van der Waals surface area contributed by atoms with Crippen molar-refractivity contribution in [2.75, 3.05) is 32.7 Å². The number of rotatable bonds is 5. The van der Waals surface area contributed by atoms with E-state index >= 15 is 0 Å². The zero-order valence-corrected chi connectivity index (χ0v) is 13.9. The number of aromatic nitrogens is 2. The Kier molecular flexibility index (Phi) is 5.39. The van der Waals surface area contributed by atoms with Crippen LogP contribution in [0.25, 0.3) is 0 Å². The monoisotopic (exact) mass is 293 g/mol. The third kappa shape index (κ3) is 3.46. The largest absolute Gasteiger partial charge is 0.332 e. The summed E-state index contributed by atoms with van der Waals surface area (Å²) >= 11 is 0. The van der Waals surface area contributed by atoms with E-state index in [1.54, 1.807) is 4.90 Å². The molecule has 1 aromatic heterocycles. The first-order valence-electron chi connectivity index (χ1n) is 8.25. The van der Waals surface area contributed by atoms with Crippen LogP contribution in [0.15, 0.2) is 0 Å². The number of amides is 1. The molecular weight excluding hydrogens is 264 g/mol. The first kappa shape index (κ1) is 16.0. The molecule has 2 heterocycles. The maximum Gasteiger partial charge on any atom is 0.258 e. The smallest absolute Gasteiger partial charge is 0.258 e. The van der Waals surface area contributed by atoms with Crippen LogP contribution in [0.5, 0.6) is 0 Å². The molecule has 1 amide bonds. The van der Waals surface area contributed by atoms with Crippen LogP contribution in [-0.2, 0) is 6.54 Å². The van der Waals surface area contributed by atoms with Crippen LogP contribution in [0.4, 0.5) is 0 Å². The van der Waals surface area contributed by atoms with Crippen molar-refractivity contribution in [1.82, 2.24) is 14.7 Å². The number of nitrogens with one attached hydrogen (secondary N) is 1. The summed E-state index contributed by atoms with van der Waals surface area (Å²) < 4.78 is 1.97. The number of piperazine rings is 1. The predicted octanol–water partition coefficient (Wildman–Crippen LogP) is 0.661. The van der Waals surface area contributed by atoms with Gasteiger partial charge in [-0.1, -0.05) is 13.8 Å². The third-order valence-corrected chi connectivity index (χ3v) is 4.39. The average molecular weight is 293 g/mol. The van der Waals surface area contributed by atoms with E-state index in [2.05, 4.69) is 18.9 Å². The number of carbonyl (C=O) groups excluding carboxylic acids is 1. The quantitative estimate of drug-likeness (QED) is 0.867. The number of hydrogen-bond donors (Lipinski definition) is 1. The Morgan fingerprint density at radius 1 is 1.19 bits per heavy atom. The van der Waals surface area contributed by atoms with E-state index in [9.17, 15) is 4.79 Å². The van der Waals surface area contributed by atoms with Gasteiger partial charge in [-0.2, -0.15) is 5.10 Å². The Bertz CT molecular complexity index is 487. The lowest BCUT2D eigenvalue weighted by atomic mass is 10.1. The summed E-state index contributed by atoms with van der Waals surface area (Å²) in [5, 5.41) is 4.52. The summed E-state index contributed by atoms with van der Waals surface area (Å²) in [4.78, 5) is 16.4. The van der Waals surface area contributed by atoms with Gasteiger partial charge < -0.3 is 9.80 Å². The van der Waals surface area contributed by atoms with Gasteiger partial charge in [0.25, 0.3) is 5.91 Å². The van der Waals surface area contributed by atoms with E-state index < -0.39 is 0 Å². The average Bonchev–Trinajstić information content (AvgIpc) is 2.74. The topological polar surface area (TPSA) is 42.6 Å². The number of hydrogen-bond acceptors (Lipinski definition) is 2. The molecule has 2 rings (SSSR count). The van der Waals surface area contributed by atoms with Crippen molar-refractivity contribution in [3.8, 4) is 0 Å². The molecule has 0 aliphatic carbocycles. The summed E-state index contributed by atoms with van der Waals surface area (Å²) in [6.07, 6.45) is 2.25. The molecule has 1 N–H and O–H groups in total. The van der Waals surface area contributed by atoms with Crippen LogP contribution >= 0.6 is 0 Å². The fraction of sp³-hybridized carbons (Fsp3) is 0.750. The highest BCUT2D eigenvalue weighted by molar-refractivity contribution is 5.96. The number of nitrogens with zero attached hydrogens (tertiary/aromatic N) is 3. The minimum Gasteiger partial charge on any atom is -0.332 e. The van der Waals surface area contributed by atoms with Gasteiger partial charge in [-0.15, -0.1) is 0 Å². The van der Waals surface area contributed by atoms with E-state index in [0.29, 0.717) is 0 Å². The van der Waals surface area contributed by atoms with Gasteiger partial charge in [0, 0.05) is 12.2 Å². The second-order valence-corrected chi connectivity index (χ2v) is 6.06. The Hall–Kier alpha value is -1.36. The first-order chi connectivity index (χ1) is 10.1. The van der Waals surface area contributed by atoms with Crippen molar-refractivity contribution in [2.45, 2.75) is 47.1 Å². The van der Waals surface area contributed by atoms with E-state index in [1.165, 1.54) is 13.0 Å². The second-order valence-electron chi connectivity index (χ2n) is 6.06. The van der Waals surface area contributed by atoms with Gasteiger partial charge in [-0.25, -0.2) is 0 Å². The molecule has 1 fully saturated rings. The minimum atomic E-state index is 0.169. The molecule has 1 aliphatic heterocycles. The molecule has 0 aromatic carbocycles. The Morgan fingerprint density at radius 3 is 2.43 bits per heavy atom. The number of aryl methyl sites for hydroxylation is 2. The van der Waals surface area contributed by atoms with E-state index in [0.717, 1.165) is 56.1 Å². The lowest BCUT2D eigenvalue weighted by Crippen LogP contribution is -3.14. The van der Waals surface area contributed by atoms with E-state index in [4.69, 9.17) is 0 Å². The van der Waals surface area contributed by atoms with Crippen molar-refractivity contribution in [1.29, 1.82) is 0 Å². The third-order valence-electron chi connectivity index (χ3n) is 4.39. The van der Waals surface area contributed by atoms with Crippen molar-refractivity contribution < 1.29 is 9.69 Å². The normalized spacial score (nSPS) is 16.5. The zero-order chi connectivity index (χ0) is 15.4. The van der Waals surface area contributed by atoms with Gasteiger partial charge in [-0.05, 0) is 26.7 Å². The number of carbonyl (C=O) groups is 1. The van der Waals surface area contributed by atoms with Crippen LogP contribution in [0.1, 0.15) is 48.4 Å². The fourth-order valence-electron chi connectivity index (χ4n) is 3.22. The van der Waals surface area contributed by atoms with Crippen LogP contribution in [-0.4, -0.2) is 53.3 Å². The second kappa shape index (κ2) is 7.07. The molecule has 0 saturated carbocycles. The summed E-state index contributed by atoms with van der Waals surface area (Å²) in [5.74, 6) is 0.169. The SMILES string of the molecule is CCCn1nc(C)c(C(=O)N2CC[NH+](CCC)CC2)c1C. The van der Waals surface area contributed by atoms with Crippen LogP contribution in [0, 0.1) is 13.8 Å². The summed E-state index contributed by atoms with van der Waals surface area (Å²) in [5.41, 5.74) is 2.71. The van der Waals surface area contributed by atoms with Crippen LogP contribution < -0.4 is 4.90 Å². The first-order valence-corrected chi connectivity index (χ1v) is 8.25. The highest BCUT2D eigenvalue weighted by atomic mass is 16.2. The predicted molar refractivity (Wildman–Crippen MR) is 83.8 cm³/mol. The molecular formula is C16H29N4O+. The van der Waals surface area contributed by atoms with E-state index in [1.807, 2.05) is 23.4 Å². The lowest BCUT2D eigenvalue weighted by Gasteiger charge is -2.32. The molecule has 0 atom stereocenters. The number of quaternary nitrogens is 1. The Morgan fingerprint density at radius 2 is 1.86 bits per heavy atom. The van der Waals surface area contributed by atoms with Gasteiger partial charge in [0.05, 0.1) is 44.0 Å². The zero-order valence-electron chi connectivity index (χ0n) is 13.9. The van der Waals surface area contributed by atoms with Gasteiger partial charge in [-0.3, -0.25) is 9.48 Å². The van der Waals surface area contributed by atoms with Gasteiger partial charge in [0.15, 0.2) is 0 Å². The molecule has 5 nitrogen and oxygen atoms in total. The molecule has 0 unspecified atom stereocenters. The molecule has 0 radical (unpaired) electrons. The summed E-state index contributed by atoms with van der Waals surface area (Å²) in [7, 11) is 0. The standard InChI is InChI=1S/C16H28N4O/c1-5-7-18-9-11-19(12-10-18)16(21)15-13(3)17-20(8-6-2)14(15)4/h5-12H2,1-4H3/p+1. The van der Waals surface area contributed by atoms with Gasteiger partial charge in [0.2, 0.25) is 0 Å². The van der Waals surface area contributed by atoms with Gasteiger partial charge in [0.1, 0.15) is 0 Å². The van der Waals surface area contributed by atoms with E-state index in [-0.39, 0.29) is 5.91 Å². The summed E-state index contributed by atoms with van der Waals surface area (Å²) in [6, 6.07) is 0. The van der Waals surface area contributed by atoms with Crippen molar-refractivity contribution >= 4 is 5.91 Å². The molecule has 118 valence electrons. The highest BCUT2D eigenvalue weighted by Gasteiger charge is 2.27. The maximum absolute atomic E-state index is 12.8. The lowest BCUT2D eigenvalue weighted by molar-refractivity contribution is -0.904. The molecule has 1 aliphatic rings. The summed E-state index contributed by atoms with van der Waals surface area (Å²) in [6.45, 7) is 14.3. The minimum absolute atomic E-state index is 0.169. The molecule has 1 aromatic rings. The molecule has 1 saturated heterocycles. The molecule has 5 heteroatoms. The molecule has 21 heavy (non-hydrogen) atoms. The van der Waals surface area contributed by atoms with Crippen LogP contribution in [0.2, 0.25) is 0 Å². The molecule has 0 bridgehead atoms. The Labute approximate surface area is 127 Å². The molecule has 0 spiro atoms. The highest BCUT2D eigenvalue weighted by Crippen LogP contribution is 2.16.